The van der Waals surface area contributed by atoms with E-state index in [1.807, 2.05) is 106 Å². The predicted molar refractivity (Wildman–Crippen MR) is 305 cm³/mol. The first-order chi connectivity index (χ1) is 41.0. The van der Waals surface area contributed by atoms with Gasteiger partial charge >= 0.3 is 0 Å². The first-order valence-electron chi connectivity index (χ1n) is 29.7. The van der Waals surface area contributed by atoms with Crippen molar-refractivity contribution in [1.82, 2.24) is 14.1 Å². The molecule has 0 bridgehead atoms. The third-order valence-electron chi connectivity index (χ3n) is 14.1. The van der Waals surface area contributed by atoms with E-state index in [0.29, 0.717) is 34.0 Å². The predicted octanol–water partition coefficient (Wildman–Crippen LogP) is 17.2. The molecule has 0 radical (unpaired) electrons. The summed E-state index contributed by atoms with van der Waals surface area (Å²) >= 11 is 0. The van der Waals surface area contributed by atoms with E-state index in [1.54, 1.807) is 12.1 Å². The molecule has 0 fully saturated rings. The van der Waals surface area contributed by atoms with Crippen molar-refractivity contribution in [3.05, 3.63) is 261 Å². The molecular formula is C70H48N4OPt-2. The van der Waals surface area contributed by atoms with Crippen LogP contribution in [0.15, 0.2) is 236 Å². The zero-order valence-electron chi connectivity index (χ0n) is 51.3. The zero-order valence-corrected chi connectivity index (χ0v) is 43.5. The SMILES string of the molecule is [2H]c1c([2H])c([2H])c(-c2cc(-c3cccc4c3-[n+]3[c-]n(-c5[c-]c(Oc6[c-]c7c(cc6)c6ccccc6n7-c6cc(C(C)(C)C)ccn6)ccc5)c5cccc(c53)-c3ccccc3-c3ccccc3-4)cc(-c3c([2H])c([2H])c([2H])c([2H])c3[2H])c2)c([2H])c1[2H].[Pt]. The van der Waals surface area contributed by atoms with Gasteiger partial charge in [0.1, 0.15) is 5.82 Å². The smallest absolute Gasteiger partial charge is 0.268 e. The molecule has 0 N–H and O–H groups in total. The fraction of sp³-hybridized carbons (Fsp3) is 0.0571. The number of rotatable bonds is 7. The summed E-state index contributed by atoms with van der Waals surface area (Å²) in [5, 5.41) is 2.06. The van der Waals surface area contributed by atoms with Crippen LogP contribution < -0.4 is 9.30 Å². The van der Waals surface area contributed by atoms with Crippen molar-refractivity contribution < 1.29 is 44.1 Å². The average molecular weight is 1170 g/mol. The molecule has 0 aliphatic carbocycles. The van der Waals surface area contributed by atoms with Crippen LogP contribution in [-0.4, -0.2) is 14.1 Å². The Morgan fingerprint density at radius 1 is 0.500 bits per heavy atom. The maximum Gasteiger partial charge on any atom is 0.268 e. The van der Waals surface area contributed by atoms with E-state index in [0.717, 1.165) is 77.6 Å². The summed E-state index contributed by atoms with van der Waals surface area (Å²) in [6, 6.07) is 57.6. The van der Waals surface area contributed by atoms with Gasteiger partial charge in [0, 0.05) is 44.3 Å². The van der Waals surface area contributed by atoms with Gasteiger partial charge in [0.15, 0.2) is 0 Å². The number of imidazole rings is 1. The van der Waals surface area contributed by atoms with E-state index < -0.39 is 60.4 Å². The summed E-state index contributed by atoms with van der Waals surface area (Å²) in [7, 11) is 0. The van der Waals surface area contributed by atoms with Crippen molar-refractivity contribution in [3.8, 4) is 95.5 Å². The van der Waals surface area contributed by atoms with E-state index in [9.17, 15) is 0 Å². The quantitative estimate of drug-likeness (QED) is 0.118. The van der Waals surface area contributed by atoms with Gasteiger partial charge in [-0.3, -0.25) is 4.57 Å². The van der Waals surface area contributed by atoms with Gasteiger partial charge in [-0.2, -0.15) is 18.2 Å². The van der Waals surface area contributed by atoms with Gasteiger partial charge in [-0.15, -0.1) is 29.7 Å². The molecule has 10 aromatic carbocycles. The summed E-state index contributed by atoms with van der Waals surface area (Å²) in [6.07, 6.45) is 5.63. The third-order valence-corrected chi connectivity index (χ3v) is 14.1. The number of benzene rings is 10. The minimum atomic E-state index is -0.565. The Morgan fingerprint density at radius 3 is 1.78 bits per heavy atom. The van der Waals surface area contributed by atoms with E-state index >= 15 is 0 Å². The fourth-order valence-corrected chi connectivity index (χ4v) is 10.6. The van der Waals surface area contributed by atoms with Crippen LogP contribution in [0.2, 0.25) is 0 Å². The molecule has 0 saturated heterocycles. The molecular weight excluding hydrogens is 1110 g/mol. The van der Waals surface area contributed by atoms with Gasteiger partial charge in [-0.25, -0.2) is 4.98 Å². The first kappa shape index (κ1) is 36.9. The van der Waals surface area contributed by atoms with Gasteiger partial charge in [0.2, 0.25) is 0 Å². The molecule has 0 amide bonds. The molecule has 3 aromatic heterocycles. The molecule has 1 aliphatic rings. The molecule has 366 valence electrons. The third kappa shape index (κ3) is 7.98. The van der Waals surface area contributed by atoms with Crippen LogP contribution in [0, 0.1) is 18.5 Å². The molecule has 14 rings (SSSR count). The molecule has 6 heteroatoms. The number of hydrogen-bond acceptors (Lipinski definition) is 2. The molecule has 4 heterocycles. The van der Waals surface area contributed by atoms with Crippen LogP contribution in [0.25, 0.3) is 117 Å². The Morgan fingerprint density at radius 2 is 1.07 bits per heavy atom. The normalized spacial score (nSPS) is 13.6. The fourth-order valence-electron chi connectivity index (χ4n) is 10.6. The Bertz CT molecular complexity index is 4860. The van der Waals surface area contributed by atoms with E-state index in [4.69, 9.17) is 23.4 Å². The Hall–Kier alpha value is -8.89. The molecule has 1 aliphatic heterocycles. The molecule has 5 nitrogen and oxygen atoms in total. The summed E-state index contributed by atoms with van der Waals surface area (Å²) in [5.41, 5.74) is 12.3. The van der Waals surface area contributed by atoms with Crippen LogP contribution >= 0.6 is 0 Å². The number of aromatic nitrogens is 4. The first-order valence-corrected chi connectivity index (χ1v) is 24.7. The maximum absolute atomic E-state index is 9.15. The second kappa shape index (κ2) is 18.8. The topological polar surface area (TPSA) is 35.9 Å². The van der Waals surface area contributed by atoms with Crippen molar-refractivity contribution >= 4 is 32.8 Å². The van der Waals surface area contributed by atoms with Gasteiger partial charge < -0.3 is 13.9 Å². The monoisotopic (exact) mass is 1170 g/mol. The minimum Gasteiger partial charge on any atom is -0.510 e. The van der Waals surface area contributed by atoms with Crippen LogP contribution in [0.5, 0.6) is 11.5 Å². The summed E-state index contributed by atoms with van der Waals surface area (Å²) in [4.78, 5) is 4.86. The number of ether oxygens (including phenoxy) is 1. The standard InChI is InChI=1S/C70H48N4O.Pt/c1-70(2,3)51-37-38-71-67(42-51)74-64-33-15-14-29-60(64)61-36-35-54(44-66(61)74)75-53-24-16-23-52(43-53)72-45-73-68-55(50-40-48(46-19-6-4-7-20-46)39-49(41-50)47-21-8-5-9-22-47)30-17-31-62(68)58-27-12-10-25-56(58)57-26-11-13-28-59(57)63-32-18-34-65(72)69(63)73;/h4-42H,1-3H3;/q-2;/i4D,5D,6D,7D,8D,9D,19D,20D,21D,22D;. The van der Waals surface area contributed by atoms with Crippen LogP contribution in [0.3, 0.4) is 0 Å². The van der Waals surface area contributed by atoms with Gasteiger partial charge in [0.05, 0.1) is 30.4 Å². The van der Waals surface area contributed by atoms with Gasteiger partial charge in [-0.05, 0) is 125 Å². The molecule has 0 atom stereocenters. The molecule has 76 heavy (non-hydrogen) atoms. The van der Waals surface area contributed by atoms with Crippen molar-refractivity contribution in [1.29, 1.82) is 0 Å². The second-order valence-corrected chi connectivity index (χ2v) is 19.6. The molecule has 0 spiro atoms. The average Bonchev–Trinajstić information content (AvgIpc) is 1.64. The number of pyridine rings is 1. The molecule has 0 saturated carbocycles. The van der Waals surface area contributed by atoms with Crippen molar-refractivity contribution in [2.45, 2.75) is 26.2 Å². The van der Waals surface area contributed by atoms with Crippen molar-refractivity contribution in [2.75, 3.05) is 0 Å². The number of nitrogens with zero attached hydrogens (tertiary/aromatic N) is 4. The Kier molecular flexibility index (Phi) is 9.13. The summed E-state index contributed by atoms with van der Waals surface area (Å²) in [5.74, 6) is 1.67. The Labute approximate surface area is 470 Å². The number of hydrogen-bond donors (Lipinski definition) is 0. The van der Waals surface area contributed by atoms with Crippen molar-refractivity contribution in [3.63, 3.8) is 0 Å². The van der Waals surface area contributed by atoms with Crippen molar-refractivity contribution in [2.24, 2.45) is 0 Å². The second-order valence-electron chi connectivity index (χ2n) is 19.6. The largest absolute Gasteiger partial charge is 0.510 e. The van der Waals surface area contributed by atoms with Gasteiger partial charge in [0.25, 0.3) is 6.33 Å². The molecule has 0 unspecified atom stereocenters. The van der Waals surface area contributed by atoms with E-state index in [1.165, 1.54) is 6.07 Å². The summed E-state index contributed by atoms with van der Waals surface area (Å²) in [6.45, 7) is 6.56. The number of fused-ring (bicyclic) bond motifs is 10. The van der Waals surface area contributed by atoms with Crippen LogP contribution in [0.1, 0.15) is 40.0 Å². The molecule has 13 aromatic rings. The van der Waals surface area contributed by atoms with Crippen LogP contribution in [-0.2, 0) is 26.5 Å². The van der Waals surface area contributed by atoms with Crippen LogP contribution in [0.4, 0.5) is 0 Å². The Balaban J connectivity index is 0.00000686. The maximum atomic E-state index is 9.15. The zero-order chi connectivity index (χ0) is 58.9. The van der Waals surface area contributed by atoms with Gasteiger partial charge in [-0.1, -0.05) is 190 Å². The number of para-hydroxylation sites is 3. The summed E-state index contributed by atoms with van der Waals surface area (Å²) < 4.78 is 101. The minimum absolute atomic E-state index is 0. The van der Waals surface area contributed by atoms with E-state index in [2.05, 4.69) is 104 Å². The van der Waals surface area contributed by atoms with E-state index in [-0.39, 0.29) is 48.7 Å².